The number of aliphatic imine (C=N–C) groups is 1. The van der Waals surface area contributed by atoms with Crippen LogP contribution in [0.3, 0.4) is 0 Å². The van der Waals surface area contributed by atoms with Gasteiger partial charge in [0.05, 0.1) is 6.26 Å². The van der Waals surface area contributed by atoms with Gasteiger partial charge in [-0.05, 0) is 13.0 Å². The highest BCUT2D eigenvalue weighted by Crippen LogP contribution is 2.05. The summed E-state index contributed by atoms with van der Waals surface area (Å²) in [5.41, 5.74) is 0. The number of nitrogens with zero attached hydrogens (tertiary/aromatic N) is 1. The van der Waals surface area contributed by atoms with Crippen LogP contribution in [0.4, 0.5) is 4.79 Å². The summed E-state index contributed by atoms with van der Waals surface area (Å²) in [6.45, 7) is 1.51. The van der Waals surface area contributed by atoms with Crippen molar-refractivity contribution in [2.24, 2.45) is 4.99 Å². The highest BCUT2D eigenvalue weighted by atomic mass is 32.2. The van der Waals surface area contributed by atoms with E-state index in [1.54, 1.807) is 7.98 Å². The van der Waals surface area contributed by atoms with E-state index in [9.17, 15) is 13.2 Å². The molecule has 12 heteroatoms. The SMILES string of the molecule is BNPOC(=O)/N=C(\N[C@H]1CCNC1)NS(C)(=O)=O. The Bertz CT molecular complexity index is 439. The van der Waals surface area contributed by atoms with Gasteiger partial charge in [0.15, 0.2) is 7.98 Å². The molecule has 1 aliphatic rings. The fraction of sp³-hybridized carbons (Fsp3) is 0.714. The van der Waals surface area contributed by atoms with E-state index in [4.69, 9.17) is 4.52 Å². The molecule has 4 N–H and O–H groups in total. The fourth-order valence-electron chi connectivity index (χ4n) is 1.44. The van der Waals surface area contributed by atoms with Crippen LogP contribution in [0.5, 0.6) is 0 Å². The van der Waals surface area contributed by atoms with Crippen LogP contribution in [0.25, 0.3) is 0 Å². The molecule has 0 aliphatic carbocycles. The predicted molar refractivity (Wildman–Crippen MR) is 76.3 cm³/mol. The summed E-state index contributed by atoms with van der Waals surface area (Å²) in [7, 11) is -2.13. The quantitative estimate of drug-likeness (QED) is 0.198. The molecule has 1 aliphatic heterocycles. The van der Waals surface area contributed by atoms with Crippen molar-refractivity contribution in [3.05, 3.63) is 0 Å². The number of rotatable bonds is 4. The van der Waals surface area contributed by atoms with Gasteiger partial charge in [0.25, 0.3) is 0 Å². The van der Waals surface area contributed by atoms with Crippen molar-refractivity contribution >= 4 is 39.0 Å². The molecule has 108 valence electrons. The third-order valence-electron chi connectivity index (χ3n) is 2.13. The van der Waals surface area contributed by atoms with Crippen LogP contribution in [-0.2, 0) is 14.5 Å². The molecule has 0 bridgehead atoms. The maximum atomic E-state index is 11.3. The Morgan fingerprint density at radius 3 is 2.84 bits per heavy atom. The molecule has 0 saturated carbocycles. The average molecular weight is 309 g/mol. The summed E-state index contributed by atoms with van der Waals surface area (Å²) in [6.07, 6.45) is 0.938. The van der Waals surface area contributed by atoms with Crippen LogP contribution in [0.1, 0.15) is 6.42 Å². The molecule has 1 rings (SSSR count). The van der Waals surface area contributed by atoms with Gasteiger partial charge < -0.3 is 20.2 Å². The fourth-order valence-corrected chi connectivity index (χ4v) is 2.13. The Labute approximate surface area is 114 Å². The normalized spacial score (nSPS) is 20.7. The number of sulfonamides is 1. The summed E-state index contributed by atoms with van der Waals surface area (Å²) in [4.78, 5) is 17.5. The molecular weight excluding hydrogens is 292 g/mol. The van der Waals surface area contributed by atoms with Gasteiger partial charge in [-0.15, -0.1) is 4.99 Å². The van der Waals surface area contributed by atoms with Crippen LogP contribution in [0.15, 0.2) is 4.99 Å². The van der Waals surface area contributed by atoms with E-state index in [2.05, 4.69) is 25.3 Å². The summed E-state index contributed by atoms with van der Waals surface area (Å²) < 4.78 is 29.3. The molecule has 0 aromatic rings. The number of amides is 1. The molecule has 0 aromatic carbocycles. The summed E-state index contributed by atoms with van der Waals surface area (Å²) in [5, 5.41) is 5.97. The number of carbonyl (C=O) groups excluding carboxylic acids is 1. The average Bonchev–Trinajstić information content (AvgIpc) is 2.76. The Hall–Kier alpha value is -0.895. The van der Waals surface area contributed by atoms with Crippen LogP contribution in [-0.4, -0.2) is 53.8 Å². The first kappa shape index (κ1) is 16.2. The minimum absolute atomic E-state index is 0.0209. The Morgan fingerprint density at radius 1 is 1.58 bits per heavy atom. The van der Waals surface area contributed by atoms with E-state index in [1.165, 1.54) is 0 Å². The lowest BCUT2D eigenvalue weighted by Crippen LogP contribution is -2.46. The minimum atomic E-state index is -3.52. The zero-order valence-corrected chi connectivity index (χ0v) is 12.5. The first-order valence-electron chi connectivity index (χ1n) is 5.57. The lowest BCUT2D eigenvalue weighted by atomic mass is 10.3. The molecule has 1 heterocycles. The highest BCUT2D eigenvalue weighted by Gasteiger charge is 2.18. The van der Waals surface area contributed by atoms with Gasteiger partial charge in [-0.2, -0.15) is 0 Å². The maximum absolute atomic E-state index is 11.3. The molecule has 9 nitrogen and oxygen atoms in total. The summed E-state index contributed by atoms with van der Waals surface area (Å²) in [6, 6.07) is 0.0209. The molecule has 0 spiro atoms. The molecule has 1 amide bonds. The minimum Gasteiger partial charge on any atom is -0.415 e. The third kappa shape index (κ3) is 7.31. The molecule has 0 aromatic heterocycles. The largest absolute Gasteiger partial charge is 0.440 e. The monoisotopic (exact) mass is 309 g/mol. The standard InChI is InChI=1S/C7H17BN5O4PS/c1-19(15,16)12-6(10-5-2-3-9-4-5)11-7(14)17-18-13-8/h5,9,13,18H,2-4,8H2,1H3,(H2,10,11,12,14)/t5-/m0/s1. The van der Waals surface area contributed by atoms with Crippen LogP contribution >= 0.6 is 8.96 Å². The number of nitrogens with one attached hydrogen (secondary N) is 4. The molecule has 19 heavy (non-hydrogen) atoms. The zero-order chi connectivity index (χ0) is 14.3. The van der Waals surface area contributed by atoms with Gasteiger partial charge >= 0.3 is 6.09 Å². The molecular formula is C7H17BN5O4PS. The van der Waals surface area contributed by atoms with Gasteiger partial charge in [-0.3, -0.25) is 4.72 Å². The van der Waals surface area contributed by atoms with Crippen molar-refractivity contribution in [1.29, 1.82) is 0 Å². The Kier molecular flexibility index (Phi) is 6.49. The van der Waals surface area contributed by atoms with Crippen LogP contribution in [0.2, 0.25) is 0 Å². The van der Waals surface area contributed by atoms with Crippen LogP contribution in [0, 0.1) is 0 Å². The Morgan fingerprint density at radius 2 is 2.32 bits per heavy atom. The lowest BCUT2D eigenvalue weighted by Gasteiger charge is -2.15. The van der Waals surface area contributed by atoms with Crippen molar-refractivity contribution in [2.75, 3.05) is 19.3 Å². The van der Waals surface area contributed by atoms with E-state index in [-0.39, 0.29) is 21.0 Å². The molecule has 0 radical (unpaired) electrons. The highest BCUT2D eigenvalue weighted by molar-refractivity contribution is 7.89. The molecule has 1 saturated heterocycles. The van der Waals surface area contributed by atoms with Crippen molar-refractivity contribution in [3.8, 4) is 0 Å². The van der Waals surface area contributed by atoms with E-state index in [1.807, 2.05) is 0 Å². The zero-order valence-electron chi connectivity index (χ0n) is 10.7. The molecule has 2 atom stereocenters. The molecule has 1 fully saturated rings. The van der Waals surface area contributed by atoms with Crippen molar-refractivity contribution in [2.45, 2.75) is 12.5 Å². The smallest absolute Gasteiger partial charge is 0.415 e. The summed E-state index contributed by atoms with van der Waals surface area (Å²) >= 11 is 0. The van der Waals surface area contributed by atoms with Gasteiger partial charge in [-0.1, -0.05) is 0 Å². The lowest BCUT2D eigenvalue weighted by molar-refractivity contribution is 0.217. The number of hydrogen-bond donors (Lipinski definition) is 4. The van der Waals surface area contributed by atoms with E-state index < -0.39 is 16.1 Å². The number of hydrogen-bond acceptors (Lipinski definition) is 6. The topological polar surface area (TPSA) is 121 Å². The number of guanidine groups is 1. The van der Waals surface area contributed by atoms with E-state index >= 15 is 0 Å². The maximum Gasteiger partial charge on any atom is 0.440 e. The second kappa shape index (κ2) is 7.64. The first-order valence-corrected chi connectivity index (χ1v) is 8.37. The van der Waals surface area contributed by atoms with Gasteiger partial charge in [-0.25, -0.2) is 13.2 Å². The predicted octanol–water partition coefficient (Wildman–Crippen LogP) is -2.37. The van der Waals surface area contributed by atoms with Crippen molar-refractivity contribution in [3.63, 3.8) is 0 Å². The van der Waals surface area contributed by atoms with E-state index in [0.717, 1.165) is 19.2 Å². The van der Waals surface area contributed by atoms with Gasteiger partial charge in [0.2, 0.25) is 16.0 Å². The molecule has 1 unspecified atom stereocenters. The second-order valence-corrected chi connectivity index (χ2v) is 6.55. The van der Waals surface area contributed by atoms with Gasteiger partial charge in [0, 0.05) is 12.6 Å². The second-order valence-electron chi connectivity index (χ2n) is 3.89. The first-order chi connectivity index (χ1) is 8.90. The summed E-state index contributed by atoms with van der Waals surface area (Å²) in [5.74, 6) is -0.123. The third-order valence-corrected chi connectivity index (χ3v) is 3.17. The van der Waals surface area contributed by atoms with Crippen molar-refractivity contribution < 1.29 is 17.7 Å². The van der Waals surface area contributed by atoms with Crippen LogP contribution < -0.4 is 20.4 Å². The van der Waals surface area contributed by atoms with Gasteiger partial charge in [0.1, 0.15) is 8.96 Å². The van der Waals surface area contributed by atoms with Crippen molar-refractivity contribution in [1.82, 2.24) is 20.4 Å². The Balaban J connectivity index is 2.66. The van der Waals surface area contributed by atoms with E-state index in [0.29, 0.717) is 6.54 Å². The number of carbonyl (C=O) groups is 1.